The SMILES string of the molecule is Br[P+](N1CCCC1)(N1CCCC1)N1CCCC1.CN(C)C(F)=[N+](C)C.CN1CC[N+](C)=C1Cl.F.F[P-](F)(F)(F)(F)F.F[P-](F)(F)(F)(F)F.O=B[PH-].O=C1OCCN1P(=O)(Cl)N1CCOC1=O.O=P(Oc1c(F)c(F)c(F)c(F)c1F)(c1ccccc1)c1ccccc1.PCI.PP.[2H]F.[3H]F.[N-]=[N+]=NP(=O)(Oc1ccccc1)Oc1ccccc1. The number of hydrogen-bond donors (Lipinski definition) is 0. The average molecular weight is 2140 g/mol. The van der Waals surface area contributed by atoms with Gasteiger partial charge in [0.2, 0.25) is 50.3 Å². The molecule has 2 amide bonds. The number of halogens is 25. The van der Waals surface area contributed by atoms with Gasteiger partial charge in [0.15, 0.2) is 0 Å². The number of ether oxygens (including phenoxy) is 2. The predicted molar refractivity (Wildman–Crippen MR) is 449 cm³/mol. The summed E-state index contributed by atoms with van der Waals surface area (Å²) in [5.74, 6) is -12.0. The van der Waals surface area contributed by atoms with Crippen molar-refractivity contribution in [1.29, 1.82) is 2.90 Å². The van der Waals surface area contributed by atoms with Gasteiger partial charge in [0.05, 0.1) is 66.0 Å². The number of carbonyl (C=O) groups is 2. The van der Waals surface area contributed by atoms with E-state index in [4.69, 9.17) is 56.1 Å². The number of azide groups is 1. The molecular weight excluding hydrogens is 2050 g/mol. The van der Waals surface area contributed by atoms with Crippen LogP contribution < -0.4 is 24.2 Å². The molecule has 6 heterocycles. The van der Waals surface area contributed by atoms with Crippen molar-refractivity contribution in [3.63, 3.8) is 0 Å². The van der Waals surface area contributed by atoms with Gasteiger partial charge in [-0.25, -0.2) is 46.1 Å². The fraction of sp³-hybridized carbons (Fsp3) is 0.424. The topological polar surface area (TPSA) is 226 Å². The first-order valence-corrected chi connectivity index (χ1v) is 52.0. The van der Waals surface area contributed by atoms with Crippen LogP contribution in [0.15, 0.2) is 126 Å². The van der Waals surface area contributed by atoms with Crippen molar-refractivity contribution in [2.24, 2.45) is 4.88 Å². The number of carbonyl (C=O) groups excluding carboxylic acids is 2. The second-order valence-corrected chi connectivity index (χ2v) is 43.4. The van der Waals surface area contributed by atoms with E-state index in [1.165, 1.54) is 136 Å². The molecule has 0 bridgehead atoms. The summed E-state index contributed by atoms with van der Waals surface area (Å²) in [7, 11) is -9.09. The molecule has 5 fully saturated rings. The van der Waals surface area contributed by atoms with E-state index < -0.39 is 91.0 Å². The summed E-state index contributed by atoms with van der Waals surface area (Å²) < 4.78 is 311. The number of amidine groups is 2. The number of para-hydroxylation sites is 2. The third-order valence-corrected chi connectivity index (χ3v) is 28.8. The van der Waals surface area contributed by atoms with Gasteiger partial charge in [-0.2, -0.15) is 8.78 Å². The standard InChI is InChI=1S/C18H10F5O2P.C12H24BrN3P.C12H10N3O3P.C6H8ClN2O5P.C5H10ClN2.C5H12FN2.CH4IP.BHOP.2F6P.3FH.H4P2/c19-13-14(20)16(22)18(17(23)15(13)21)25-26(24,11-7-3-1-4-8-11)12-9-5-2-6-10-12;13-17(14-7-1-2-8-14,15-9-3-4-10-15)16-11-5-6-12-16;13-14-15-19(16,17-11-7-3-1-4-8-11)18-12-9-5-2-6-10-12;7-15(12,8-1-3-13-5(8)10)9-2-4-14-6(9)11;1-7-3-4-8(2)5(7)6;1-7(2)5(6)8(3)4;2*2-1-3;2*1-7(2,3,4,5)6;;;;1-2/h1-10H;1-12H2;1-10H;1-4H2;3-4H2,1-2H3;1-4H3;1,3H2;3H;;;3*1H;1-2H2/q;+1;;;2*+1;;3*-1;;;;/i/hTD. The van der Waals surface area contributed by atoms with Crippen LogP contribution in [0.3, 0.4) is 0 Å². The van der Waals surface area contributed by atoms with E-state index >= 15 is 0 Å². The number of rotatable bonds is 14. The Bertz CT molecular complexity index is 3980. The Kier molecular flexibility index (Phi) is 49.8. The van der Waals surface area contributed by atoms with Crippen LogP contribution in [0.4, 0.5) is 100 Å². The van der Waals surface area contributed by atoms with Gasteiger partial charge in [-0.3, -0.25) is 32.7 Å². The Morgan fingerprint density at radius 2 is 0.949 bits per heavy atom. The molecule has 0 N–H and O–H groups in total. The smallest absolute Gasteiger partial charge is 0.447 e. The van der Waals surface area contributed by atoms with E-state index in [0.717, 1.165) is 31.9 Å². The summed E-state index contributed by atoms with van der Waals surface area (Å²) in [6, 6.07) is 31.5. The number of likely N-dealkylation sites (N-methyl/N-ethyl adjacent to an activating group) is 2. The molecule has 0 saturated carbocycles. The van der Waals surface area contributed by atoms with Crippen LogP contribution in [-0.4, -0.2) is 201 Å². The zero-order valence-corrected chi connectivity index (χ0v) is 77.9. The van der Waals surface area contributed by atoms with Crippen LogP contribution in [0.1, 0.15) is 38.5 Å². The molecule has 59 heteroatoms. The minimum Gasteiger partial charge on any atom is -0.447 e. The van der Waals surface area contributed by atoms with Gasteiger partial charge in [-0.15, -0.1) is 45.5 Å². The predicted octanol–water partition coefficient (Wildman–Crippen LogP) is 23.4. The minimum atomic E-state index is -10.7. The molecule has 0 aliphatic carbocycles. The molecular formula is C59H86BBrCl2F21IN12O11P10. The van der Waals surface area contributed by atoms with E-state index in [9.17, 15) is 100.0 Å². The van der Waals surface area contributed by atoms with Gasteiger partial charge in [0.25, 0.3) is 9.32 Å². The van der Waals surface area contributed by atoms with E-state index in [2.05, 4.69) is 110 Å². The second-order valence-electron chi connectivity index (χ2n) is 23.5. The molecule has 6 aliphatic heterocycles. The molecule has 118 heavy (non-hydrogen) atoms. The van der Waals surface area contributed by atoms with Crippen LogP contribution in [0, 0.1) is 29.1 Å². The van der Waals surface area contributed by atoms with Crippen molar-refractivity contribution in [3.05, 3.63) is 161 Å². The molecule has 5 saturated heterocycles. The Morgan fingerprint density at radius 3 is 1.16 bits per heavy atom. The number of alkyl halides is 1. The maximum absolute atomic E-state index is 14.0. The normalized spacial score (nSPS) is 16.3. The van der Waals surface area contributed by atoms with Crippen molar-refractivity contribution in [3.8, 4) is 17.2 Å². The number of benzene rings is 5. The molecule has 5 aromatic rings. The van der Waals surface area contributed by atoms with Crippen LogP contribution in [-0.2, 0) is 27.9 Å². The number of nitrogens with zero attached hydrogens (tertiary/aromatic N) is 12. The molecule has 11 rings (SSSR count). The maximum atomic E-state index is 14.0. The zero-order valence-electron chi connectivity index (χ0n) is 64.8. The molecule has 3 atom stereocenters. The molecule has 6 aliphatic rings. The zero-order chi connectivity index (χ0) is 92.3. The summed E-state index contributed by atoms with van der Waals surface area (Å²) in [5, 5.41) is 0.926. The molecule has 0 radical (unpaired) electrons. The Morgan fingerprint density at radius 1 is 0.669 bits per heavy atom. The summed E-state index contributed by atoms with van der Waals surface area (Å²) in [5.41, 5.74) is 8.48. The maximum Gasteiger partial charge on any atom is 0.525 e. The molecule has 0 aromatic heterocycles. The van der Waals surface area contributed by atoms with Crippen LogP contribution >= 0.6 is 141 Å². The van der Waals surface area contributed by atoms with Crippen LogP contribution in [0.2, 0.25) is 0 Å². The summed E-state index contributed by atoms with van der Waals surface area (Å²) in [6.07, 6.45) is 5.32. The first-order valence-electron chi connectivity index (χ1n) is 33.5. The van der Waals surface area contributed by atoms with Gasteiger partial charge < -0.3 is 23.0 Å². The van der Waals surface area contributed by atoms with Gasteiger partial charge >= 0.3 is 132 Å². The fourth-order valence-electron chi connectivity index (χ4n) is 9.56. The van der Waals surface area contributed by atoms with Crippen molar-refractivity contribution in [1.82, 2.24) is 33.2 Å². The second kappa shape index (κ2) is 51.5. The van der Waals surface area contributed by atoms with E-state index in [0.29, 0.717) is 18.4 Å². The summed E-state index contributed by atoms with van der Waals surface area (Å²) >= 11 is 18.0. The van der Waals surface area contributed by atoms with E-state index in [-0.39, 0.29) is 47.7 Å². The minimum absolute atomic E-state index is 0. The Balaban J connectivity index is -0.00000132. The van der Waals surface area contributed by atoms with Gasteiger partial charge in [-0.05, 0) is 104 Å². The van der Waals surface area contributed by atoms with Crippen molar-refractivity contribution < 1.29 is 151 Å². The molecule has 23 nitrogen and oxygen atoms in total. The Labute approximate surface area is 711 Å². The van der Waals surface area contributed by atoms with Gasteiger partial charge in [-0.1, -0.05) is 95.4 Å². The van der Waals surface area contributed by atoms with Crippen LogP contribution in [0.5, 0.6) is 17.2 Å². The average Bonchev–Trinajstić information content (AvgIpc) is 0.957. The summed E-state index contributed by atoms with van der Waals surface area (Å²) in [6.45, 7) is 7.29. The van der Waals surface area contributed by atoms with E-state index in [1.807, 2.05) is 23.6 Å². The quantitative estimate of drug-likeness (QED) is 0.00799. The van der Waals surface area contributed by atoms with Crippen molar-refractivity contribution in [2.75, 3.05) is 125 Å². The Hall–Kier alpha value is -3.95. The van der Waals surface area contributed by atoms with Crippen LogP contribution in [0.25, 0.3) is 10.4 Å². The van der Waals surface area contributed by atoms with Crippen molar-refractivity contribution >= 4 is 182 Å². The number of hydrogen-bond acceptors (Lipinski definition) is 15. The third-order valence-electron chi connectivity index (χ3n) is 14.2. The first kappa shape index (κ1) is 114. The van der Waals surface area contributed by atoms with Gasteiger partial charge in [0.1, 0.15) is 37.8 Å². The van der Waals surface area contributed by atoms with E-state index in [1.54, 1.807) is 101 Å². The molecule has 0 spiro atoms. The monoisotopic (exact) mass is 2140 g/mol. The molecule has 5 aromatic carbocycles. The largest absolute Gasteiger partial charge is 0.525 e. The molecule has 3 unspecified atom stereocenters. The number of amides is 2. The first-order chi connectivity index (χ1) is 54.9. The molecule has 676 valence electrons. The third kappa shape index (κ3) is 45.1. The summed E-state index contributed by atoms with van der Waals surface area (Å²) in [4.78, 5) is 31.4. The fourth-order valence-corrected chi connectivity index (χ4v) is 21.3. The number of cyclic esters (lactones) is 2. The van der Waals surface area contributed by atoms with Gasteiger partial charge in [0, 0.05) is 64.8 Å². The van der Waals surface area contributed by atoms with Crippen molar-refractivity contribution in [2.45, 2.75) is 38.5 Å².